The summed E-state index contributed by atoms with van der Waals surface area (Å²) >= 11 is 0. The van der Waals surface area contributed by atoms with Gasteiger partial charge in [-0.15, -0.1) is 0 Å². The third-order valence-corrected chi connectivity index (χ3v) is 4.34. The van der Waals surface area contributed by atoms with E-state index >= 15 is 0 Å². The van der Waals surface area contributed by atoms with Crippen LogP contribution in [0.15, 0.2) is 18.2 Å². The van der Waals surface area contributed by atoms with E-state index in [0.717, 1.165) is 24.0 Å². The van der Waals surface area contributed by atoms with Gasteiger partial charge in [-0.1, -0.05) is 17.2 Å². The smallest absolute Gasteiger partial charge is 0.251 e. The van der Waals surface area contributed by atoms with Crippen molar-refractivity contribution in [2.24, 2.45) is 11.7 Å². The van der Waals surface area contributed by atoms with Gasteiger partial charge in [0.05, 0.1) is 6.54 Å². The minimum atomic E-state index is -0.291. The third-order valence-electron chi connectivity index (χ3n) is 4.34. The molecule has 1 aliphatic heterocycles. The van der Waals surface area contributed by atoms with E-state index in [-0.39, 0.29) is 30.2 Å². The highest BCUT2D eigenvalue weighted by molar-refractivity contribution is 5.96. The highest BCUT2D eigenvalue weighted by atomic mass is 16.2. The fourth-order valence-electron chi connectivity index (χ4n) is 3.15. The minimum absolute atomic E-state index is 0.00763. The predicted octanol–water partition coefficient (Wildman–Crippen LogP) is 1.15. The largest absolute Gasteiger partial charge is 0.370 e. The van der Waals surface area contributed by atoms with Crippen LogP contribution in [0.5, 0.6) is 0 Å². The van der Waals surface area contributed by atoms with Gasteiger partial charge in [-0.05, 0) is 44.7 Å². The Labute approximate surface area is 142 Å². The van der Waals surface area contributed by atoms with Gasteiger partial charge in [0.25, 0.3) is 5.91 Å². The molecule has 2 rings (SSSR count). The van der Waals surface area contributed by atoms with Crippen LogP contribution in [-0.4, -0.2) is 42.3 Å². The van der Waals surface area contributed by atoms with Crippen molar-refractivity contribution in [1.29, 1.82) is 0 Å². The van der Waals surface area contributed by atoms with Gasteiger partial charge < -0.3 is 16.0 Å². The van der Waals surface area contributed by atoms with Crippen molar-refractivity contribution >= 4 is 17.7 Å². The van der Waals surface area contributed by atoms with Gasteiger partial charge in [0.15, 0.2) is 0 Å². The van der Waals surface area contributed by atoms with Crippen molar-refractivity contribution in [1.82, 2.24) is 10.2 Å². The van der Waals surface area contributed by atoms with Crippen molar-refractivity contribution in [2.45, 2.75) is 33.1 Å². The molecule has 1 saturated heterocycles. The number of rotatable bonds is 5. The van der Waals surface area contributed by atoms with Gasteiger partial charge in [-0.25, -0.2) is 0 Å². The highest BCUT2D eigenvalue weighted by Crippen LogP contribution is 2.20. The lowest BCUT2D eigenvalue weighted by atomic mass is 9.93. The van der Waals surface area contributed by atoms with E-state index in [1.807, 2.05) is 32.0 Å². The molecule has 3 amide bonds. The quantitative estimate of drug-likeness (QED) is 0.847. The van der Waals surface area contributed by atoms with E-state index in [4.69, 9.17) is 5.73 Å². The van der Waals surface area contributed by atoms with Crippen LogP contribution in [-0.2, 0) is 9.59 Å². The maximum absolute atomic E-state index is 12.2. The van der Waals surface area contributed by atoms with Crippen molar-refractivity contribution in [2.75, 3.05) is 19.6 Å². The average Bonchev–Trinajstić information content (AvgIpc) is 2.51. The second-order valence-electron chi connectivity index (χ2n) is 6.55. The number of carbonyl (C=O) groups is 3. The number of carbonyl (C=O) groups excluding carboxylic acids is 3. The van der Waals surface area contributed by atoms with Gasteiger partial charge in [0.2, 0.25) is 11.8 Å². The van der Waals surface area contributed by atoms with Crippen molar-refractivity contribution < 1.29 is 14.4 Å². The van der Waals surface area contributed by atoms with Crippen LogP contribution < -0.4 is 11.1 Å². The maximum atomic E-state index is 12.2. The number of nitrogens with two attached hydrogens (primary N) is 1. The second-order valence-corrected chi connectivity index (χ2v) is 6.55. The summed E-state index contributed by atoms with van der Waals surface area (Å²) in [6, 6.07) is 5.61. The second kappa shape index (κ2) is 7.95. The number of aryl methyl sites for hydroxylation is 2. The van der Waals surface area contributed by atoms with Crippen LogP contribution in [0, 0.1) is 19.8 Å². The van der Waals surface area contributed by atoms with E-state index in [1.54, 1.807) is 4.90 Å². The molecule has 6 nitrogen and oxygen atoms in total. The molecule has 0 bridgehead atoms. The molecule has 1 aliphatic rings. The Morgan fingerprint density at radius 1 is 1.12 bits per heavy atom. The van der Waals surface area contributed by atoms with E-state index in [2.05, 4.69) is 5.32 Å². The zero-order chi connectivity index (χ0) is 17.7. The summed E-state index contributed by atoms with van der Waals surface area (Å²) in [4.78, 5) is 37.1. The molecule has 0 unspecified atom stereocenters. The number of benzene rings is 1. The van der Waals surface area contributed by atoms with Gasteiger partial charge in [-0.2, -0.15) is 0 Å². The SMILES string of the molecule is Cc1cc(C)cc(C(=O)NCC(=O)N2CCC(CC(N)=O)CC2)c1. The van der Waals surface area contributed by atoms with Crippen LogP contribution in [0.3, 0.4) is 0 Å². The zero-order valence-corrected chi connectivity index (χ0v) is 14.3. The van der Waals surface area contributed by atoms with Crippen LogP contribution >= 0.6 is 0 Å². The lowest BCUT2D eigenvalue weighted by molar-refractivity contribution is -0.131. The Hall–Kier alpha value is -2.37. The molecule has 6 heteroatoms. The van der Waals surface area contributed by atoms with Crippen LogP contribution in [0.25, 0.3) is 0 Å². The molecule has 130 valence electrons. The number of hydrogen-bond acceptors (Lipinski definition) is 3. The third kappa shape index (κ3) is 5.08. The lowest BCUT2D eigenvalue weighted by Crippen LogP contribution is -2.44. The first-order chi connectivity index (χ1) is 11.3. The van der Waals surface area contributed by atoms with Gasteiger partial charge >= 0.3 is 0 Å². The van der Waals surface area contributed by atoms with E-state index in [0.29, 0.717) is 25.1 Å². The molecule has 0 aliphatic carbocycles. The van der Waals surface area contributed by atoms with E-state index < -0.39 is 0 Å². The van der Waals surface area contributed by atoms with Crippen LogP contribution in [0.1, 0.15) is 40.7 Å². The van der Waals surface area contributed by atoms with Gasteiger partial charge in [-0.3, -0.25) is 14.4 Å². The summed E-state index contributed by atoms with van der Waals surface area (Å²) in [6.07, 6.45) is 1.94. The van der Waals surface area contributed by atoms with E-state index in [9.17, 15) is 14.4 Å². The average molecular weight is 331 g/mol. The van der Waals surface area contributed by atoms with Crippen LogP contribution in [0.4, 0.5) is 0 Å². The van der Waals surface area contributed by atoms with E-state index in [1.165, 1.54) is 0 Å². The first kappa shape index (κ1) is 18.0. The molecule has 0 atom stereocenters. The zero-order valence-electron chi connectivity index (χ0n) is 14.3. The maximum Gasteiger partial charge on any atom is 0.251 e. The summed E-state index contributed by atoms with van der Waals surface area (Å²) < 4.78 is 0. The first-order valence-electron chi connectivity index (χ1n) is 8.27. The molecule has 1 aromatic carbocycles. The molecule has 24 heavy (non-hydrogen) atoms. The topological polar surface area (TPSA) is 92.5 Å². The Morgan fingerprint density at radius 3 is 2.25 bits per heavy atom. The fourth-order valence-corrected chi connectivity index (χ4v) is 3.15. The summed E-state index contributed by atoms with van der Waals surface area (Å²) in [5, 5.41) is 2.69. The molecular weight excluding hydrogens is 306 g/mol. The molecule has 1 aromatic rings. The number of nitrogens with one attached hydrogen (secondary N) is 1. The first-order valence-corrected chi connectivity index (χ1v) is 8.27. The molecule has 0 spiro atoms. The summed E-state index contributed by atoms with van der Waals surface area (Å²) in [5.41, 5.74) is 7.81. The molecule has 1 heterocycles. The predicted molar refractivity (Wildman–Crippen MR) is 91.4 cm³/mol. The lowest BCUT2D eigenvalue weighted by Gasteiger charge is -2.31. The standard InChI is InChI=1S/C18H25N3O3/c1-12-7-13(2)9-15(8-12)18(24)20-11-17(23)21-5-3-14(4-6-21)10-16(19)22/h7-9,14H,3-6,10-11H2,1-2H3,(H2,19,22)(H,20,24). The Kier molecular flexibility index (Phi) is 5.95. The van der Waals surface area contributed by atoms with Crippen LogP contribution in [0.2, 0.25) is 0 Å². The molecule has 0 radical (unpaired) electrons. The Bertz CT molecular complexity index is 614. The number of piperidine rings is 1. The van der Waals surface area contributed by atoms with Crippen molar-refractivity contribution in [3.63, 3.8) is 0 Å². The molecule has 3 N–H and O–H groups in total. The number of nitrogens with zero attached hydrogens (tertiary/aromatic N) is 1. The fraction of sp³-hybridized carbons (Fsp3) is 0.500. The number of hydrogen-bond donors (Lipinski definition) is 2. The Morgan fingerprint density at radius 2 is 1.71 bits per heavy atom. The van der Waals surface area contributed by atoms with Crippen molar-refractivity contribution in [3.05, 3.63) is 34.9 Å². The molecule has 1 fully saturated rings. The van der Waals surface area contributed by atoms with Gasteiger partial charge in [0, 0.05) is 25.1 Å². The monoisotopic (exact) mass is 331 g/mol. The normalized spacial score (nSPS) is 15.2. The molecule has 0 aromatic heterocycles. The summed E-state index contributed by atoms with van der Waals surface area (Å²) in [7, 11) is 0. The van der Waals surface area contributed by atoms with Crippen molar-refractivity contribution in [3.8, 4) is 0 Å². The number of primary amides is 1. The number of amides is 3. The number of likely N-dealkylation sites (tertiary alicyclic amines) is 1. The summed E-state index contributed by atoms with van der Waals surface area (Å²) in [6.45, 7) is 5.08. The van der Waals surface area contributed by atoms with Gasteiger partial charge in [0.1, 0.15) is 0 Å². The molecule has 0 saturated carbocycles. The summed E-state index contributed by atoms with van der Waals surface area (Å²) in [5.74, 6) is -0.360. The Balaban J connectivity index is 1.81. The molecular formula is C18H25N3O3. The minimum Gasteiger partial charge on any atom is -0.370 e. The highest BCUT2D eigenvalue weighted by Gasteiger charge is 2.24.